The molecule has 3 rings (SSSR count). The van der Waals surface area contributed by atoms with E-state index in [9.17, 15) is 9.59 Å². The second-order valence-electron chi connectivity index (χ2n) is 7.52. The summed E-state index contributed by atoms with van der Waals surface area (Å²) in [6.45, 7) is 0.301. The Balaban J connectivity index is 1.62. The van der Waals surface area contributed by atoms with Crippen LogP contribution >= 0.6 is 11.8 Å². The molecule has 0 spiro atoms. The van der Waals surface area contributed by atoms with Gasteiger partial charge in [-0.3, -0.25) is 9.59 Å². The van der Waals surface area contributed by atoms with Crippen molar-refractivity contribution in [3.05, 3.63) is 28.7 Å². The van der Waals surface area contributed by atoms with Crippen LogP contribution in [0.3, 0.4) is 0 Å². The molecule has 1 saturated heterocycles. The molecule has 9 heteroatoms. The first-order chi connectivity index (χ1) is 15.0. The number of fused-ring (bicyclic) bond motifs is 1. The van der Waals surface area contributed by atoms with Crippen LogP contribution < -0.4 is 20.1 Å². The summed E-state index contributed by atoms with van der Waals surface area (Å²) in [5.41, 5.74) is 0.868. The van der Waals surface area contributed by atoms with E-state index in [2.05, 4.69) is 10.6 Å². The van der Waals surface area contributed by atoms with E-state index >= 15 is 0 Å². The zero-order chi connectivity index (χ0) is 22.4. The average Bonchev–Trinajstić information content (AvgIpc) is 2.79. The molecule has 2 N–H and O–H groups in total. The van der Waals surface area contributed by atoms with Crippen LogP contribution in [0.25, 0.3) is 6.08 Å². The average molecular weight is 451 g/mol. The number of hydrogen-bond acceptors (Lipinski definition) is 7. The Kier molecular flexibility index (Phi) is 8.22. The minimum absolute atomic E-state index is 0.0230. The third-order valence-corrected chi connectivity index (χ3v) is 7.07. The molecular formula is C22H30N2O6S. The molecule has 2 amide bonds. The lowest BCUT2D eigenvalue weighted by molar-refractivity contribution is -0.132. The summed E-state index contributed by atoms with van der Waals surface area (Å²) < 4.78 is 20.8. The van der Waals surface area contributed by atoms with E-state index in [1.54, 1.807) is 26.0 Å². The van der Waals surface area contributed by atoms with Crippen LogP contribution in [0.5, 0.6) is 11.5 Å². The molecule has 1 saturated carbocycles. The molecule has 1 aromatic rings. The van der Waals surface area contributed by atoms with Crippen molar-refractivity contribution < 1.29 is 28.5 Å². The molecule has 0 radical (unpaired) electrons. The third-order valence-electron chi connectivity index (χ3n) is 5.65. The second-order valence-corrected chi connectivity index (χ2v) is 8.80. The molecule has 1 heterocycles. The molecular weight excluding hydrogens is 420 g/mol. The fourth-order valence-electron chi connectivity index (χ4n) is 3.91. The SMILES string of the molecule is COc1ccc(/C=C2/SC3CCC(C(=O)NCC(OC)OC)CC3NC2=O)cc1OC. The highest BCUT2D eigenvalue weighted by atomic mass is 32.2. The zero-order valence-electron chi connectivity index (χ0n) is 18.3. The van der Waals surface area contributed by atoms with Gasteiger partial charge in [0, 0.05) is 31.4 Å². The topological polar surface area (TPSA) is 95.1 Å². The van der Waals surface area contributed by atoms with Crippen molar-refractivity contribution >= 4 is 29.7 Å². The maximum atomic E-state index is 12.7. The molecule has 1 aliphatic carbocycles. The number of benzene rings is 1. The molecule has 31 heavy (non-hydrogen) atoms. The van der Waals surface area contributed by atoms with Gasteiger partial charge >= 0.3 is 0 Å². The highest BCUT2D eigenvalue weighted by Crippen LogP contribution is 2.40. The molecule has 1 aromatic carbocycles. The summed E-state index contributed by atoms with van der Waals surface area (Å²) in [5.74, 6) is 0.994. The summed E-state index contributed by atoms with van der Waals surface area (Å²) in [6, 6.07) is 5.54. The fraction of sp³-hybridized carbons (Fsp3) is 0.545. The van der Waals surface area contributed by atoms with E-state index in [1.807, 2.05) is 24.3 Å². The van der Waals surface area contributed by atoms with Gasteiger partial charge in [-0.1, -0.05) is 6.07 Å². The maximum Gasteiger partial charge on any atom is 0.257 e. The smallest absolute Gasteiger partial charge is 0.257 e. The number of rotatable bonds is 8. The minimum Gasteiger partial charge on any atom is -0.493 e. The predicted octanol–water partition coefficient (Wildman–Crippen LogP) is 2.18. The van der Waals surface area contributed by atoms with Crippen molar-refractivity contribution in [3.8, 4) is 11.5 Å². The van der Waals surface area contributed by atoms with E-state index in [1.165, 1.54) is 14.2 Å². The number of ether oxygens (including phenoxy) is 4. The Hall–Kier alpha value is -2.23. The fourth-order valence-corrected chi connectivity index (χ4v) is 5.21. The van der Waals surface area contributed by atoms with Gasteiger partial charge in [-0.05, 0) is 43.0 Å². The molecule has 2 fully saturated rings. The van der Waals surface area contributed by atoms with Gasteiger partial charge in [-0.15, -0.1) is 11.8 Å². The van der Waals surface area contributed by atoms with E-state index in [0.29, 0.717) is 29.4 Å². The summed E-state index contributed by atoms with van der Waals surface area (Å²) in [5, 5.41) is 6.23. The van der Waals surface area contributed by atoms with Crippen LogP contribution in [0.15, 0.2) is 23.1 Å². The Morgan fingerprint density at radius 3 is 2.61 bits per heavy atom. The van der Waals surface area contributed by atoms with Gasteiger partial charge in [-0.25, -0.2) is 0 Å². The third kappa shape index (κ3) is 5.72. The van der Waals surface area contributed by atoms with Crippen LogP contribution in [0, 0.1) is 5.92 Å². The van der Waals surface area contributed by atoms with Gasteiger partial charge in [0.2, 0.25) is 5.91 Å². The molecule has 0 aromatic heterocycles. The lowest BCUT2D eigenvalue weighted by atomic mass is 9.84. The zero-order valence-corrected chi connectivity index (χ0v) is 19.1. The Morgan fingerprint density at radius 1 is 1.19 bits per heavy atom. The maximum absolute atomic E-state index is 12.7. The molecule has 8 nitrogen and oxygen atoms in total. The first-order valence-electron chi connectivity index (χ1n) is 10.2. The van der Waals surface area contributed by atoms with E-state index in [-0.39, 0.29) is 29.0 Å². The number of methoxy groups -OCH3 is 4. The molecule has 1 aliphatic heterocycles. The van der Waals surface area contributed by atoms with Gasteiger partial charge in [0.05, 0.1) is 25.7 Å². The summed E-state index contributed by atoms with van der Waals surface area (Å²) in [6.07, 6.45) is 3.67. The summed E-state index contributed by atoms with van der Waals surface area (Å²) in [4.78, 5) is 25.9. The Bertz CT molecular complexity index is 826. The number of nitrogens with one attached hydrogen (secondary N) is 2. The Labute approximate surface area is 187 Å². The normalized spacial score (nSPS) is 24.5. The first-order valence-corrected chi connectivity index (χ1v) is 11.1. The number of amides is 2. The summed E-state index contributed by atoms with van der Waals surface area (Å²) >= 11 is 1.59. The lowest BCUT2D eigenvalue weighted by Crippen LogP contribution is -2.52. The van der Waals surface area contributed by atoms with Gasteiger partial charge in [0.25, 0.3) is 5.91 Å². The quantitative estimate of drug-likeness (QED) is 0.463. The largest absolute Gasteiger partial charge is 0.493 e. The van der Waals surface area contributed by atoms with Crippen LogP contribution in [-0.4, -0.2) is 64.4 Å². The van der Waals surface area contributed by atoms with Crippen molar-refractivity contribution in [1.82, 2.24) is 10.6 Å². The number of carbonyl (C=O) groups is 2. The standard InChI is InChI=1S/C22H30N2O6S/c1-27-16-7-5-13(9-17(16)28-2)10-19-22(26)24-15-11-14(6-8-18(15)31-19)21(25)23-12-20(29-3)30-4/h5,7,9-10,14-15,18,20H,6,8,11-12H2,1-4H3,(H,23,25)(H,24,26)/b19-10+. The highest BCUT2D eigenvalue weighted by molar-refractivity contribution is 8.04. The summed E-state index contributed by atoms with van der Waals surface area (Å²) in [7, 11) is 6.24. The molecule has 170 valence electrons. The number of thioether (sulfide) groups is 1. The van der Waals surface area contributed by atoms with Crippen LogP contribution in [-0.2, 0) is 19.1 Å². The highest BCUT2D eigenvalue weighted by Gasteiger charge is 2.39. The van der Waals surface area contributed by atoms with E-state index in [4.69, 9.17) is 18.9 Å². The molecule has 3 unspecified atom stereocenters. The van der Waals surface area contributed by atoms with Gasteiger partial charge in [0.1, 0.15) is 0 Å². The molecule has 3 atom stereocenters. The Morgan fingerprint density at radius 2 is 1.94 bits per heavy atom. The van der Waals surface area contributed by atoms with Gasteiger partial charge in [0.15, 0.2) is 17.8 Å². The number of carbonyl (C=O) groups excluding carboxylic acids is 2. The number of hydrogen-bond donors (Lipinski definition) is 2. The van der Waals surface area contributed by atoms with Crippen molar-refractivity contribution in [2.75, 3.05) is 35.0 Å². The van der Waals surface area contributed by atoms with Crippen molar-refractivity contribution in [3.63, 3.8) is 0 Å². The van der Waals surface area contributed by atoms with Crippen molar-refractivity contribution in [2.24, 2.45) is 5.92 Å². The monoisotopic (exact) mass is 450 g/mol. The van der Waals surface area contributed by atoms with Crippen LogP contribution in [0.4, 0.5) is 0 Å². The van der Waals surface area contributed by atoms with Gasteiger partial charge in [-0.2, -0.15) is 0 Å². The van der Waals surface area contributed by atoms with Crippen molar-refractivity contribution in [2.45, 2.75) is 36.8 Å². The minimum atomic E-state index is -0.463. The van der Waals surface area contributed by atoms with E-state index < -0.39 is 6.29 Å². The predicted molar refractivity (Wildman–Crippen MR) is 119 cm³/mol. The molecule has 0 bridgehead atoms. The van der Waals surface area contributed by atoms with Crippen LogP contribution in [0.2, 0.25) is 0 Å². The van der Waals surface area contributed by atoms with Crippen molar-refractivity contribution in [1.29, 1.82) is 0 Å². The molecule has 2 aliphatic rings. The second kappa shape index (κ2) is 10.9. The first kappa shape index (κ1) is 23.4. The van der Waals surface area contributed by atoms with Gasteiger partial charge < -0.3 is 29.6 Å². The lowest BCUT2D eigenvalue weighted by Gasteiger charge is -2.39. The van der Waals surface area contributed by atoms with Crippen LogP contribution in [0.1, 0.15) is 24.8 Å². The van der Waals surface area contributed by atoms with E-state index in [0.717, 1.165) is 18.4 Å².